The average molecular weight is 287 g/mol. The summed E-state index contributed by atoms with van der Waals surface area (Å²) in [5.41, 5.74) is 0.111. The molecule has 0 heterocycles. The third-order valence-electron chi connectivity index (χ3n) is 3.25. The summed E-state index contributed by atoms with van der Waals surface area (Å²) in [6.45, 7) is 0. The van der Waals surface area contributed by atoms with E-state index in [9.17, 15) is 14.4 Å². The standard InChI is InChI=1S/C15H7ClO4/c16-10-6-2-4-8-12(10)14(18)7-3-1-5-9(15(19)20)11(7)13(8)17/h1-6H,(H,19,20). The molecule has 0 atom stereocenters. The van der Waals surface area contributed by atoms with Crippen molar-refractivity contribution in [2.24, 2.45) is 0 Å². The van der Waals surface area contributed by atoms with Gasteiger partial charge in [-0.05, 0) is 12.1 Å². The van der Waals surface area contributed by atoms with Crippen LogP contribution >= 0.6 is 11.6 Å². The van der Waals surface area contributed by atoms with E-state index in [4.69, 9.17) is 16.7 Å². The summed E-state index contributed by atoms with van der Waals surface area (Å²) in [5.74, 6) is -2.16. The summed E-state index contributed by atoms with van der Waals surface area (Å²) in [7, 11) is 0. The second-order valence-electron chi connectivity index (χ2n) is 4.35. The molecule has 1 aliphatic rings. The third kappa shape index (κ3) is 1.58. The Hall–Kier alpha value is -2.46. The normalized spacial score (nSPS) is 12.8. The molecule has 0 bridgehead atoms. The Labute approximate surface area is 118 Å². The van der Waals surface area contributed by atoms with Crippen LogP contribution in [0.1, 0.15) is 42.2 Å². The summed E-state index contributed by atoms with van der Waals surface area (Å²) >= 11 is 5.98. The van der Waals surface area contributed by atoms with Gasteiger partial charge in [0.05, 0.1) is 16.1 Å². The minimum Gasteiger partial charge on any atom is -0.478 e. The quantitative estimate of drug-likeness (QED) is 0.746. The number of ketones is 2. The maximum absolute atomic E-state index is 12.5. The van der Waals surface area contributed by atoms with Gasteiger partial charge in [-0.3, -0.25) is 9.59 Å². The first-order valence-corrected chi connectivity index (χ1v) is 6.14. The molecule has 0 aromatic heterocycles. The number of carboxylic acids is 1. The number of hydrogen-bond donors (Lipinski definition) is 1. The lowest BCUT2D eigenvalue weighted by atomic mass is 9.82. The van der Waals surface area contributed by atoms with E-state index in [-0.39, 0.29) is 32.8 Å². The SMILES string of the molecule is O=C(O)c1cccc2c1C(=O)c1cccc(Cl)c1C2=O. The Bertz CT molecular complexity index is 792. The second-order valence-corrected chi connectivity index (χ2v) is 4.76. The van der Waals surface area contributed by atoms with Crippen molar-refractivity contribution in [3.8, 4) is 0 Å². The molecule has 4 nitrogen and oxygen atoms in total. The largest absolute Gasteiger partial charge is 0.478 e. The van der Waals surface area contributed by atoms with Gasteiger partial charge in [-0.1, -0.05) is 35.9 Å². The van der Waals surface area contributed by atoms with E-state index in [2.05, 4.69) is 0 Å². The molecule has 1 N–H and O–H groups in total. The van der Waals surface area contributed by atoms with Crippen LogP contribution in [0.25, 0.3) is 0 Å². The molecule has 3 rings (SSSR count). The maximum Gasteiger partial charge on any atom is 0.336 e. The van der Waals surface area contributed by atoms with E-state index in [1.165, 1.54) is 30.3 Å². The molecule has 0 saturated carbocycles. The Balaban J connectivity index is 2.38. The molecule has 0 saturated heterocycles. The van der Waals surface area contributed by atoms with Crippen LogP contribution in [0.4, 0.5) is 0 Å². The van der Waals surface area contributed by atoms with Crippen LogP contribution in [-0.4, -0.2) is 22.6 Å². The molecule has 2 aromatic rings. The third-order valence-corrected chi connectivity index (χ3v) is 3.57. The summed E-state index contributed by atoms with van der Waals surface area (Å²) in [6, 6.07) is 8.74. The lowest BCUT2D eigenvalue weighted by Crippen LogP contribution is -2.24. The van der Waals surface area contributed by atoms with Gasteiger partial charge < -0.3 is 5.11 Å². The van der Waals surface area contributed by atoms with Crippen LogP contribution in [0.15, 0.2) is 36.4 Å². The molecule has 0 unspecified atom stereocenters. The van der Waals surface area contributed by atoms with Crippen LogP contribution in [-0.2, 0) is 0 Å². The van der Waals surface area contributed by atoms with Gasteiger partial charge >= 0.3 is 5.97 Å². The molecule has 0 aliphatic heterocycles. The van der Waals surface area contributed by atoms with Crippen LogP contribution in [0.3, 0.4) is 0 Å². The van der Waals surface area contributed by atoms with Crippen molar-refractivity contribution in [1.82, 2.24) is 0 Å². The monoisotopic (exact) mass is 286 g/mol. The summed E-state index contributed by atoms with van der Waals surface area (Å²) in [6.07, 6.45) is 0. The molecule has 2 aromatic carbocycles. The number of carbonyl (C=O) groups is 3. The summed E-state index contributed by atoms with van der Waals surface area (Å²) in [5, 5.41) is 9.35. The molecule has 1 aliphatic carbocycles. The first-order valence-electron chi connectivity index (χ1n) is 5.76. The van der Waals surface area contributed by atoms with Crippen molar-refractivity contribution < 1.29 is 19.5 Å². The van der Waals surface area contributed by atoms with Gasteiger partial charge in [0, 0.05) is 16.7 Å². The average Bonchev–Trinajstić information content (AvgIpc) is 2.43. The van der Waals surface area contributed by atoms with E-state index >= 15 is 0 Å². The highest BCUT2D eigenvalue weighted by atomic mass is 35.5. The van der Waals surface area contributed by atoms with Crippen LogP contribution in [0.2, 0.25) is 5.02 Å². The van der Waals surface area contributed by atoms with E-state index in [1.54, 1.807) is 6.07 Å². The molecule has 0 radical (unpaired) electrons. The number of carboxylic acid groups (broad SMARTS) is 1. The van der Waals surface area contributed by atoms with Crippen LogP contribution in [0.5, 0.6) is 0 Å². The fourth-order valence-corrected chi connectivity index (χ4v) is 2.64. The Kier molecular flexibility index (Phi) is 2.69. The highest BCUT2D eigenvalue weighted by Crippen LogP contribution is 2.33. The van der Waals surface area contributed by atoms with Crippen LogP contribution in [0, 0.1) is 0 Å². The minimum absolute atomic E-state index is 0.0697. The summed E-state index contributed by atoms with van der Waals surface area (Å²) < 4.78 is 0. The molecular weight excluding hydrogens is 280 g/mol. The predicted molar refractivity (Wildman–Crippen MR) is 71.7 cm³/mol. The number of fused-ring (bicyclic) bond motifs is 2. The number of rotatable bonds is 1. The fraction of sp³-hybridized carbons (Fsp3) is 0. The number of aromatic carboxylic acids is 1. The fourth-order valence-electron chi connectivity index (χ4n) is 2.38. The molecule has 5 heteroatoms. The highest BCUT2D eigenvalue weighted by molar-refractivity contribution is 6.39. The van der Waals surface area contributed by atoms with Crippen LogP contribution < -0.4 is 0 Å². The molecule has 0 spiro atoms. The zero-order chi connectivity index (χ0) is 14.4. The first kappa shape index (κ1) is 12.6. The number of carbonyl (C=O) groups excluding carboxylic acids is 2. The van der Waals surface area contributed by atoms with Gasteiger partial charge in [0.15, 0.2) is 11.6 Å². The second kappa shape index (κ2) is 4.28. The molecular formula is C15H7ClO4. The van der Waals surface area contributed by atoms with Gasteiger partial charge in [-0.2, -0.15) is 0 Å². The van der Waals surface area contributed by atoms with E-state index < -0.39 is 17.5 Å². The lowest BCUT2D eigenvalue weighted by Gasteiger charge is -2.19. The Morgan fingerprint density at radius 1 is 0.900 bits per heavy atom. The van der Waals surface area contributed by atoms with Crippen molar-refractivity contribution in [2.45, 2.75) is 0 Å². The molecule has 0 amide bonds. The van der Waals surface area contributed by atoms with E-state index in [1.807, 2.05) is 0 Å². The maximum atomic E-state index is 12.5. The van der Waals surface area contributed by atoms with E-state index in [0.29, 0.717) is 0 Å². The summed E-state index contributed by atoms with van der Waals surface area (Å²) in [4.78, 5) is 36.1. The number of hydrogen-bond acceptors (Lipinski definition) is 3. The van der Waals surface area contributed by atoms with Crippen molar-refractivity contribution in [2.75, 3.05) is 0 Å². The van der Waals surface area contributed by atoms with Gasteiger partial charge in [0.2, 0.25) is 0 Å². The van der Waals surface area contributed by atoms with Crippen molar-refractivity contribution in [1.29, 1.82) is 0 Å². The van der Waals surface area contributed by atoms with Crippen molar-refractivity contribution in [3.05, 3.63) is 69.2 Å². The molecule has 98 valence electrons. The van der Waals surface area contributed by atoms with Crippen molar-refractivity contribution >= 4 is 29.1 Å². The topological polar surface area (TPSA) is 71.4 Å². The molecule has 0 fully saturated rings. The van der Waals surface area contributed by atoms with E-state index in [0.717, 1.165) is 0 Å². The first-order chi connectivity index (χ1) is 9.52. The van der Waals surface area contributed by atoms with Gasteiger partial charge in [-0.15, -0.1) is 0 Å². The molecule has 20 heavy (non-hydrogen) atoms. The highest BCUT2D eigenvalue weighted by Gasteiger charge is 2.34. The van der Waals surface area contributed by atoms with Gasteiger partial charge in [-0.25, -0.2) is 4.79 Å². The lowest BCUT2D eigenvalue weighted by molar-refractivity contribution is 0.0692. The van der Waals surface area contributed by atoms with Crippen molar-refractivity contribution in [3.63, 3.8) is 0 Å². The number of benzene rings is 2. The van der Waals surface area contributed by atoms with Gasteiger partial charge in [0.25, 0.3) is 0 Å². The smallest absolute Gasteiger partial charge is 0.336 e. The minimum atomic E-state index is -1.24. The zero-order valence-corrected chi connectivity index (χ0v) is 10.8. The Morgan fingerprint density at radius 3 is 2.10 bits per heavy atom. The number of halogens is 1. The Morgan fingerprint density at radius 2 is 1.45 bits per heavy atom. The predicted octanol–water partition coefficient (Wildman–Crippen LogP) is 2.81. The zero-order valence-electron chi connectivity index (χ0n) is 10.0. The van der Waals surface area contributed by atoms with Gasteiger partial charge in [0.1, 0.15) is 0 Å².